The summed E-state index contributed by atoms with van der Waals surface area (Å²) < 4.78 is 24.2. The third-order valence-corrected chi connectivity index (χ3v) is 1.72. The van der Waals surface area contributed by atoms with E-state index in [1.807, 2.05) is 4.98 Å². The van der Waals surface area contributed by atoms with Crippen LogP contribution in [-0.2, 0) is 0 Å². The molecule has 1 rings (SSSR count). The number of pyridine rings is 1. The standard InChI is InChI=1S/C7H4ClF2NO2/c8-5-3(2-12)1-4(6(9)10)7(13)11-5/h1-2,6H,(H,11,13). The van der Waals surface area contributed by atoms with Crippen LogP contribution < -0.4 is 5.56 Å². The van der Waals surface area contributed by atoms with E-state index in [2.05, 4.69) is 0 Å². The second kappa shape index (κ2) is 3.66. The number of hydrogen-bond donors (Lipinski definition) is 1. The number of aromatic nitrogens is 1. The third kappa shape index (κ3) is 1.92. The number of aldehydes is 1. The van der Waals surface area contributed by atoms with Gasteiger partial charge in [0.1, 0.15) is 5.15 Å². The molecule has 1 aromatic rings. The first-order chi connectivity index (χ1) is 6.06. The highest BCUT2D eigenvalue weighted by Crippen LogP contribution is 2.17. The van der Waals surface area contributed by atoms with Crippen molar-refractivity contribution < 1.29 is 13.6 Å². The van der Waals surface area contributed by atoms with Crippen LogP contribution in [-0.4, -0.2) is 11.3 Å². The second-order valence-corrected chi connectivity index (χ2v) is 2.62. The average molecular weight is 208 g/mol. The van der Waals surface area contributed by atoms with Crippen LogP contribution in [0.25, 0.3) is 0 Å². The van der Waals surface area contributed by atoms with Gasteiger partial charge >= 0.3 is 0 Å². The van der Waals surface area contributed by atoms with Gasteiger partial charge in [0.2, 0.25) is 0 Å². The van der Waals surface area contributed by atoms with Gasteiger partial charge in [0, 0.05) is 0 Å². The maximum Gasteiger partial charge on any atom is 0.269 e. The van der Waals surface area contributed by atoms with Crippen LogP contribution in [0, 0.1) is 0 Å². The van der Waals surface area contributed by atoms with Crippen molar-refractivity contribution in [2.45, 2.75) is 6.43 Å². The molecular weight excluding hydrogens is 204 g/mol. The number of rotatable bonds is 2. The Bertz CT molecular complexity index is 389. The first-order valence-electron chi connectivity index (χ1n) is 3.22. The van der Waals surface area contributed by atoms with E-state index >= 15 is 0 Å². The van der Waals surface area contributed by atoms with Crippen molar-refractivity contribution >= 4 is 17.9 Å². The summed E-state index contributed by atoms with van der Waals surface area (Å²) in [6.45, 7) is 0. The maximum atomic E-state index is 12.1. The first-order valence-corrected chi connectivity index (χ1v) is 3.60. The van der Waals surface area contributed by atoms with Crippen molar-refractivity contribution in [3.8, 4) is 0 Å². The average Bonchev–Trinajstić information content (AvgIpc) is 2.03. The Morgan fingerprint density at radius 3 is 2.62 bits per heavy atom. The molecule has 3 nitrogen and oxygen atoms in total. The summed E-state index contributed by atoms with van der Waals surface area (Å²) in [5, 5.41) is -0.232. The van der Waals surface area contributed by atoms with E-state index in [4.69, 9.17) is 11.6 Å². The fraction of sp³-hybridized carbons (Fsp3) is 0.143. The third-order valence-electron chi connectivity index (χ3n) is 1.41. The summed E-state index contributed by atoms with van der Waals surface area (Å²) >= 11 is 5.37. The summed E-state index contributed by atoms with van der Waals surface area (Å²) in [6.07, 6.45) is -2.62. The predicted molar refractivity (Wildman–Crippen MR) is 42.4 cm³/mol. The van der Waals surface area contributed by atoms with Crippen molar-refractivity contribution in [2.24, 2.45) is 0 Å². The van der Waals surface area contributed by atoms with Crippen molar-refractivity contribution in [1.29, 1.82) is 0 Å². The minimum absolute atomic E-state index is 0.156. The highest BCUT2D eigenvalue weighted by Gasteiger charge is 2.14. The minimum atomic E-state index is -2.92. The van der Waals surface area contributed by atoms with Gasteiger partial charge in [0.15, 0.2) is 6.29 Å². The number of alkyl halides is 2. The van der Waals surface area contributed by atoms with E-state index in [9.17, 15) is 18.4 Å². The van der Waals surface area contributed by atoms with Crippen LogP contribution in [0.5, 0.6) is 0 Å². The summed E-state index contributed by atoms with van der Waals surface area (Å²) in [6, 6.07) is 0.777. The van der Waals surface area contributed by atoms with Gasteiger partial charge in [-0.05, 0) is 6.07 Å². The second-order valence-electron chi connectivity index (χ2n) is 2.24. The molecular formula is C7H4ClF2NO2. The quantitative estimate of drug-likeness (QED) is 0.594. The van der Waals surface area contributed by atoms with Gasteiger partial charge < -0.3 is 4.98 Å². The molecule has 0 aliphatic carbocycles. The Morgan fingerprint density at radius 1 is 1.54 bits per heavy atom. The van der Waals surface area contributed by atoms with Gasteiger partial charge in [-0.1, -0.05) is 11.6 Å². The number of carbonyl (C=O) groups excluding carboxylic acids is 1. The van der Waals surface area contributed by atoms with Crippen LogP contribution in [0.4, 0.5) is 8.78 Å². The topological polar surface area (TPSA) is 49.9 Å². The lowest BCUT2D eigenvalue weighted by atomic mass is 10.2. The van der Waals surface area contributed by atoms with Crippen LogP contribution in [0.15, 0.2) is 10.9 Å². The SMILES string of the molecule is O=Cc1cc(C(F)F)c(=O)[nH]c1Cl. The van der Waals surface area contributed by atoms with Crippen LogP contribution in [0.3, 0.4) is 0 Å². The molecule has 0 saturated carbocycles. The molecule has 1 heterocycles. The number of nitrogens with one attached hydrogen (secondary N) is 1. The number of halogens is 3. The van der Waals surface area contributed by atoms with Crippen molar-refractivity contribution in [3.63, 3.8) is 0 Å². The molecule has 6 heteroatoms. The number of H-pyrrole nitrogens is 1. The Balaban J connectivity index is 3.39. The molecule has 0 aliphatic heterocycles. The minimum Gasteiger partial charge on any atom is -0.312 e. The Hall–Kier alpha value is -1.23. The van der Waals surface area contributed by atoms with Gasteiger partial charge in [-0.2, -0.15) is 0 Å². The number of carbonyl (C=O) groups is 1. The Kier molecular flexibility index (Phi) is 2.77. The fourth-order valence-corrected chi connectivity index (χ4v) is 0.973. The molecule has 13 heavy (non-hydrogen) atoms. The normalized spacial score (nSPS) is 10.5. The molecule has 0 bridgehead atoms. The predicted octanol–water partition coefficient (Wildman–Crippen LogP) is 1.78. The van der Waals surface area contributed by atoms with Crippen molar-refractivity contribution in [2.75, 3.05) is 0 Å². The van der Waals surface area contributed by atoms with Gasteiger partial charge in [-0.15, -0.1) is 0 Å². The molecule has 1 aromatic heterocycles. The van der Waals surface area contributed by atoms with E-state index in [0.717, 1.165) is 6.07 Å². The molecule has 0 fully saturated rings. The summed E-state index contributed by atoms with van der Waals surface area (Å²) in [4.78, 5) is 23.0. The molecule has 0 unspecified atom stereocenters. The molecule has 0 aromatic carbocycles. The summed E-state index contributed by atoms with van der Waals surface area (Å²) in [5.74, 6) is 0. The van der Waals surface area contributed by atoms with E-state index in [1.54, 1.807) is 0 Å². The van der Waals surface area contributed by atoms with Crippen LogP contribution in [0.2, 0.25) is 5.15 Å². The molecule has 0 radical (unpaired) electrons. The van der Waals surface area contributed by atoms with Gasteiger partial charge in [-0.25, -0.2) is 8.78 Å². The maximum absolute atomic E-state index is 12.1. The van der Waals surface area contributed by atoms with Gasteiger partial charge in [0.05, 0.1) is 11.1 Å². The van der Waals surface area contributed by atoms with E-state index in [-0.39, 0.29) is 10.7 Å². The zero-order chi connectivity index (χ0) is 10.0. The zero-order valence-corrected chi connectivity index (χ0v) is 6.94. The van der Waals surface area contributed by atoms with Crippen LogP contribution >= 0.6 is 11.6 Å². The Morgan fingerprint density at radius 2 is 2.15 bits per heavy atom. The first kappa shape index (κ1) is 9.85. The highest BCUT2D eigenvalue weighted by molar-refractivity contribution is 6.31. The molecule has 0 amide bonds. The monoisotopic (exact) mass is 207 g/mol. The van der Waals surface area contributed by atoms with Crippen molar-refractivity contribution in [3.05, 3.63) is 32.7 Å². The molecule has 0 atom stereocenters. The van der Waals surface area contributed by atoms with E-state index < -0.39 is 17.5 Å². The highest BCUT2D eigenvalue weighted by atomic mass is 35.5. The molecule has 0 saturated heterocycles. The lowest BCUT2D eigenvalue weighted by molar-refractivity contribution is 0.112. The molecule has 0 aliphatic rings. The summed E-state index contributed by atoms with van der Waals surface area (Å²) in [5.41, 5.74) is -1.89. The van der Waals surface area contributed by atoms with Gasteiger partial charge in [0.25, 0.3) is 12.0 Å². The summed E-state index contributed by atoms with van der Waals surface area (Å²) in [7, 11) is 0. The lowest BCUT2D eigenvalue weighted by Crippen LogP contribution is -2.14. The fourth-order valence-electron chi connectivity index (χ4n) is 0.788. The van der Waals surface area contributed by atoms with Crippen LogP contribution in [0.1, 0.15) is 22.3 Å². The smallest absolute Gasteiger partial charge is 0.269 e. The molecule has 1 N–H and O–H groups in total. The zero-order valence-electron chi connectivity index (χ0n) is 6.18. The van der Waals surface area contributed by atoms with E-state index in [1.165, 1.54) is 0 Å². The number of aromatic amines is 1. The van der Waals surface area contributed by atoms with Gasteiger partial charge in [-0.3, -0.25) is 9.59 Å². The molecule has 0 spiro atoms. The number of hydrogen-bond acceptors (Lipinski definition) is 2. The van der Waals surface area contributed by atoms with Crippen molar-refractivity contribution in [1.82, 2.24) is 4.98 Å². The van der Waals surface area contributed by atoms with E-state index in [0.29, 0.717) is 6.29 Å². The Labute approximate surface area is 76.3 Å². The lowest BCUT2D eigenvalue weighted by Gasteiger charge is -2.00. The molecule has 70 valence electrons. The largest absolute Gasteiger partial charge is 0.312 e.